The van der Waals surface area contributed by atoms with Gasteiger partial charge < -0.3 is 5.32 Å². The fourth-order valence-corrected chi connectivity index (χ4v) is 3.83. The molecule has 1 amide bonds. The Balaban J connectivity index is 1.41. The summed E-state index contributed by atoms with van der Waals surface area (Å²) in [5.74, 6) is 0.113. The Labute approximate surface area is 154 Å². The minimum atomic E-state index is -0.122. The molecule has 0 saturated heterocycles. The van der Waals surface area contributed by atoms with E-state index in [1.807, 2.05) is 28.9 Å². The van der Waals surface area contributed by atoms with E-state index in [0.717, 1.165) is 18.5 Å². The van der Waals surface area contributed by atoms with Gasteiger partial charge in [-0.2, -0.15) is 5.10 Å². The van der Waals surface area contributed by atoms with Gasteiger partial charge in [0.05, 0.1) is 23.2 Å². The van der Waals surface area contributed by atoms with Gasteiger partial charge in [-0.05, 0) is 35.4 Å². The Hall–Kier alpha value is -2.75. The topological polar surface area (TPSA) is 103 Å². The zero-order chi connectivity index (χ0) is 17.8. The molecular weight excluding hydrogens is 352 g/mol. The van der Waals surface area contributed by atoms with Crippen molar-refractivity contribution in [2.75, 3.05) is 11.1 Å². The normalized spacial score (nSPS) is 14.6. The molecule has 0 atom stereocenters. The molecule has 9 nitrogen and oxygen atoms in total. The molecule has 0 bridgehead atoms. The van der Waals surface area contributed by atoms with Crippen LogP contribution in [0.25, 0.3) is 5.69 Å². The van der Waals surface area contributed by atoms with Crippen molar-refractivity contribution in [3.8, 4) is 5.69 Å². The summed E-state index contributed by atoms with van der Waals surface area (Å²) in [4.78, 5) is 16.4. The van der Waals surface area contributed by atoms with Crippen LogP contribution in [0.3, 0.4) is 0 Å². The monoisotopic (exact) mass is 370 g/mol. The number of nitrogens with zero attached hydrogens (tertiary/aromatic N) is 7. The summed E-state index contributed by atoms with van der Waals surface area (Å²) < 4.78 is 3.47. The minimum Gasteiger partial charge on any atom is -0.323 e. The molecule has 1 fully saturated rings. The zero-order valence-corrected chi connectivity index (χ0v) is 14.8. The Kier molecular flexibility index (Phi) is 4.91. The van der Waals surface area contributed by atoms with Crippen LogP contribution >= 0.6 is 11.8 Å². The summed E-state index contributed by atoms with van der Waals surface area (Å²) in [5, 5.41) is 19.7. The van der Waals surface area contributed by atoms with E-state index >= 15 is 0 Å². The lowest BCUT2D eigenvalue weighted by Gasteiger charge is -2.12. The Bertz CT molecular complexity index is 872. The van der Waals surface area contributed by atoms with Gasteiger partial charge >= 0.3 is 0 Å². The lowest BCUT2D eigenvalue weighted by Crippen LogP contribution is -2.17. The maximum Gasteiger partial charge on any atom is 0.234 e. The van der Waals surface area contributed by atoms with Crippen LogP contribution < -0.4 is 5.32 Å². The fraction of sp³-hybridized carbons (Fsp3) is 0.375. The van der Waals surface area contributed by atoms with E-state index in [2.05, 4.69) is 30.9 Å². The van der Waals surface area contributed by atoms with Crippen LogP contribution in [-0.2, 0) is 4.79 Å². The number of amides is 1. The van der Waals surface area contributed by atoms with Crippen molar-refractivity contribution in [2.45, 2.75) is 36.9 Å². The molecular formula is C16H18N8OS. The van der Waals surface area contributed by atoms with E-state index < -0.39 is 0 Å². The van der Waals surface area contributed by atoms with Crippen LogP contribution in [-0.4, -0.2) is 46.6 Å². The highest BCUT2D eigenvalue weighted by atomic mass is 32.2. The SMILES string of the molecule is O=C(CSc1nnnn1C1CCCC1)Nc1ccccc1-n1cncn1. The van der Waals surface area contributed by atoms with Crippen molar-refractivity contribution in [1.82, 2.24) is 35.0 Å². The van der Waals surface area contributed by atoms with Crippen LogP contribution in [0, 0.1) is 0 Å². The summed E-state index contributed by atoms with van der Waals surface area (Å²) in [7, 11) is 0. The Morgan fingerprint density at radius 3 is 2.92 bits per heavy atom. The molecule has 10 heteroatoms. The second-order valence-corrected chi connectivity index (χ2v) is 6.98. The molecule has 1 aromatic carbocycles. The number of hydrogen-bond acceptors (Lipinski definition) is 7. The number of rotatable bonds is 6. The number of nitrogens with one attached hydrogen (secondary N) is 1. The van der Waals surface area contributed by atoms with Crippen molar-refractivity contribution in [2.24, 2.45) is 0 Å². The lowest BCUT2D eigenvalue weighted by molar-refractivity contribution is -0.113. The maximum atomic E-state index is 12.4. The van der Waals surface area contributed by atoms with Crippen molar-refractivity contribution < 1.29 is 4.79 Å². The fourth-order valence-electron chi connectivity index (χ4n) is 3.09. The highest BCUT2D eigenvalue weighted by Crippen LogP contribution is 2.31. The predicted molar refractivity (Wildman–Crippen MR) is 96.0 cm³/mol. The van der Waals surface area contributed by atoms with E-state index in [0.29, 0.717) is 16.9 Å². The van der Waals surface area contributed by atoms with Gasteiger partial charge in [0.25, 0.3) is 0 Å². The Morgan fingerprint density at radius 1 is 1.27 bits per heavy atom. The third-order valence-corrected chi connectivity index (χ3v) is 5.24. The molecule has 2 heterocycles. The van der Waals surface area contributed by atoms with Gasteiger partial charge in [0.1, 0.15) is 12.7 Å². The van der Waals surface area contributed by atoms with Gasteiger partial charge in [0, 0.05) is 0 Å². The first kappa shape index (κ1) is 16.7. The molecule has 1 N–H and O–H groups in total. The van der Waals surface area contributed by atoms with Crippen LogP contribution in [0.1, 0.15) is 31.7 Å². The van der Waals surface area contributed by atoms with Crippen molar-refractivity contribution in [3.63, 3.8) is 0 Å². The molecule has 0 radical (unpaired) electrons. The van der Waals surface area contributed by atoms with Crippen LogP contribution in [0.15, 0.2) is 42.1 Å². The number of tetrazole rings is 1. The number of carbonyl (C=O) groups is 1. The second kappa shape index (κ2) is 7.65. The first-order valence-electron chi connectivity index (χ1n) is 8.46. The quantitative estimate of drug-likeness (QED) is 0.663. The molecule has 3 aromatic rings. The van der Waals surface area contributed by atoms with E-state index in [9.17, 15) is 4.79 Å². The molecule has 0 spiro atoms. The molecule has 134 valence electrons. The summed E-state index contributed by atoms with van der Waals surface area (Å²) >= 11 is 1.35. The standard InChI is InChI=1S/C16H18N8OS/c25-15(9-26-16-20-21-22-24(16)12-5-1-2-6-12)19-13-7-3-4-8-14(13)23-11-17-10-18-23/h3-4,7-8,10-12H,1-2,5-6,9H2,(H,19,25). The largest absolute Gasteiger partial charge is 0.323 e. The van der Waals surface area contributed by atoms with E-state index in [1.165, 1.54) is 30.9 Å². The smallest absolute Gasteiger partial charge is 0.234 e. The van der Waals surface area contributed by atoms with Gasteiger partial charge in [0.15, 0.2) is 0 Å². The number of para-hydroxylation sites is 2. The summed E-state index contributed by atoms with van der Waals surface area (Å²) in [6.07, 6.45) is 7.64. The molecule has 26 heavy (non-hydrogen) atoms. The third-order valence-electron chi connectivity index (χ3n) is 4.31. The summed E-state index contributed by atoms with van der Waals surface area (Å²) in [5.41, 5.74) is 1.44. The summed E-state index contributed by atoms with van der Waals surface area (Å²) in [6, 6.07) is 7.81. The van der Waals surface area contributed by atoms with Gasteiger partial charge in [-0.15, -0.1) is 5.10 Å². The zero-order valence-electron chi connectivity index (χ0n) is 14.0. The molecule has 1 aliphatic rings. The number of aromatic nitrogens is 7. The molecule has 4 rings (SSSR count). The Morgan fingerprint density at radius 2 is 2.12 bits per heavy atom. The average Bonchev–Trinajstić information content (AvgIpc) is 3.42. The van der Waals surface area contributed by atoms with E-state index in [-0.39, 0.29) is 11.7 Å². The number of thioether (sulfide) groups is 1. The summed E-state index contributed by atoms with van der Waals surface area (Å²) in [6.45, 7) is 0. The van der Waals surface area contributed by atoms with Crippen molar-refractivity contribution >= 4 is 23.4 Å². The average molecular weight is 370 g/mol. The molecule has 2 aromatic heterocycles. The highest BCUT2D eigenvalue weighted by Gasteiger charge is 2.22. The highest BCUT2D eigenvalue weighted by molar-refractivity contribution is 7.99. The minimum absolute atomic E-state index is 0.122. The van der Waals surface area contributed by atoms with Crippen molar-refractivity contribution in [3.05, 3.63) is 36.9 Å². The van der Waals surface area contributed by atoms with Crippen LogP contribution in [0.5, 0.6) is 0 Å². The molecule has 1 saturated carbocycles. The van der Waals surface area contributed by atoms with Crippen LogP contribution in [0.2, 0.25) is 0 Å². The number of benzene rings is 1. The predicted octanol–water partition coefficient (Wildman–Crippen LogP) is 2.10. The molecule has 1 aliphatic carbocycles. The van der Waals surface area contributed by atoms with E-state index in [4.69, 9.17) is 0 Å². The maximum absolute atomic E-state index is 12.4. The van der Waals surface area contributed by atoms with Gasteiger partial charge in [-0.25, -0.2) is 14.3 Å². The second-order valence-electron chi connectivity index (χ2n) is 6.04. The van der Waals surface area contributed by atoms with Crippen molar-refractivity contribution in [1.29, 1.82) is 0 Å². The number of hydrogen-bond donors (Lipinski definition) is 1. The number of carbonyl (C=O) groups excluding carboxylic acids is 1. The lowest BCUT2D eigenvalue weighted by atomic mass is 10.2. The molecule has 0 aliphatic heterocycles. The van der Waals surface area contributed by atoms with Crippen LogP contribution in [0.4, 0.5) is 5.69 Å². The van der Waals surface area contributed by atoms with Gasteiger partial charge in [-0.3, -0.25) is 4.79 Å². The van der Waals surface area contributed by atoms with Gasteiger partial charge in [0.2, 0.25) is 11.1 Å². The third kappa shape index (κ3) is 3.59. The first-order valence-corrected chi connectivity index (χ1v) is 9.44. The first-order chi connectivity index (χ1) is 12.8. The van der Waals surface area contributed by atoms with Gasteiger partial charge in [-0.1, -0.05) is 36.7 Å². The number of anilines is 1. The van der Waals surface area contributed by atoms with E-state index in [1.54, 1.807) is 11.0 Å². The molecule has 0 unspecified atom stereocenters.